The highest BCUT2D eigenvalue weighted by atomic mass is 79.9. The Morgan fingerprint density at radius 1 is 1.67 bits per heavy atom. The van der Waals surface area contributed by atoms with Crippen LogP contribution >= 0.6 is 15.9 Å². The van der Waals surface area contributed by atoms with Crippen molar-refractivity contribution in [2.45, 2.75) is 13.5 Å². The first-order valence-electron chi connectivity index (χ1n) is 4.33. The summed E-state index contributed by atoms with van der Waals surface area (Å²) in [6.07, 6.45) is 1.47. The molecule has 0 radical (unpaired) electrons. The number of nitrogens with one attached hydrogen (secondary N) is 1. The van der Waals surface area contributed by atoms with Crippen LogP contribution in [0.3, 0.4) is 0 Å². The highest BCUT2D eigenvalue weighted by Crippen LogP contribution is 2.16. The molecule has 1 heterocycles. The van der Waals surface area contributed by atoms with Crippen LogP contribution in [0.25, 0.3) is 0 Å². The van der Waals surface area contributed by atoms with E-state index in [0.717, 1.165) is 0 Å². The van der Waals surface area contributed by atoms with Gasteiger partial charge in [-0.25, -0.2) is 0 Å². The molecule has 1 rings (SSSR count). The lowest BCUT2D eigenvalue weighted by Gasteiger charge is -2.09. The Hall–Kier alpha value is -1.30. The number of carbonyl (C=O) groups is 1. The third-order valence-electron chi connectivity index (χ3n) is 2.10. The quantitative estimate of drug-likeness (QED) is 0.811. The van der Waals surface area contributed by atoms with Gasteiger partial charge in [-0.15, -0.1) is 0 Å². The molecule has 5 nitrogen and oxygen atoms in total. The van der Waals surface area contributed by atoms with Crippen molar-refractivity contribution >= 4 is 27.5 Å². The molecule has 0 saturated heterocycles. The zero-order valence-electron chi connectivity index (χ0n) is 8.50. The van der Waals surface area contributed by atoms with Gasteiger partial charge >= 0.3 is 0 Å². The van der Waals surface area contributed by atoms with Crippen molar-refractivity contribution in [1.29, 1.82) is 0 Å². The maximum absolute atomic E-state index is 11.7. The molecule has 0 saturated carbocycles. The van der Waals surface area contributed by atoms with Crippen molar-refractivity contribution in [3.8, 4) is 0 Å². The van der Waals surface area contributed by atoms with Crippen molar-refractivity contribution in [2.75, 3.05) is 12.8 Å². The lowest BCUT2D eigenvalue weighted by atomic mass is 10.2. The minimum atomic E-state index is -0.259. The summed E-state index contributed by atoms with van der Waals surface area (Å²) in [5.74, 6) is -0.243. The van der Waals surface area contributed by atoms with E-state index in [-0.39, 0.29) is 18.0 Å². The number of amides is 1. The summed E-state index contributed by atoms with van der Waals surface area (Å²) in [5.41, 5.74) is 6.59. The number of rotatable bonds is 2. The van der Waals surface area contributed by atoms with Gasteiger partial charge in [-0.3, -0.25) is 9.59 Å². The third-order valence-corrected chi connectivity index (χ3v) is 3.03. The fourth-order valence-electron chi connectivity index (χ4n) is 1.09. The number of halogens is 1. The van der Waals surface area contributed by atoms with E-state index in [9.17, 15) is 9.59 Å². The maximum Gasteiger partial charge on any atom is 0.265 e. The van der Waals surface area contributed by atoms with Crippen LogP contribution in [0.5, 0.6) is 0 Å². The molecular weight excluding hydrogens is 262 g/mol. The predicted octanol–water partition coefficient (Wildman–Crippen LogP) is 0.247. The Labute approximate surface area is 95.4 Å². The van der Waals surface area contributed by atoms with E-state index in [1.165, 1.54) is 17.8 Å². The van der Waals surface area contributed by atoms with Gasteiger partial charge in [-0.05, 0) is 28.4 Å². The molecule has 1 aromatic heterocycles. The molecule has 15 heavy (non-hydrogen) atoms. The van der Waals surface area contributed by atoms with Crippen LogP contribution in [0.2, 0.25) is 0 Å². The maximum atomic E-state index is 11.7. The zero-order valence-corrected chi connectivity index (χ0v) is 10.1. The molecule has 0 fully saturated rings. The monoisotopic (exact) mass is 273 g/mol. The number of aromatic nitrogens is 1. The summed E-state index contributed by atoms with van der Waals surface area (Å²) < 4.78 is 1.66. The Balaban J connectivity index is 3.21. The molecule has 0 spiro atoms. The first-order valence-corrected chi connectivity index (χ1v) is 5.12. The van der Waals surface area contributed by atoms with Gasteiger partial charge in [-0.2, -0.15) is 0 Å². The van der Waals surface area contributed by atoms with E-state index < -0.39 is 0 Å². The first-order chi connectivity index (χ1) is 6.97. The topological polar surface area (TPSA) is 77.1 Å². The molecule has 6 heteroatoms. The summed E-state index contributed by atoms with van der Waals surface area (Å²) in [4.78, 5) is 22.8. The lowest BCUT2D eigenvalue weighted by molar-refractivity contribution is -0.121. The molecule has 1 aromatic rings. The minimum Gasteiger partial charge on any atom is -0.397 e. The highest BCUT2D eigenvalue weighted by Gasteiger charge is 2.09. The van der Waals surface area contributed by atoms with Crippen LogP contribution in [-0.2, 0) is 11.3 Å². The number of carbonyl (C=O) groups excluding carboxylic acids is 1. The number of nitrogens with two attached hydrogens (primary N) is 1. The Bertz CT molecular complexity index is 453. The van der Waals surface area contributed by atoms with Crippen molar-refractivity contribution in [3.05, 3.63) is 26.6 Å². The van der Waals surface area contributed by atoms with Crippen LogP contribution < -0.4 is 16.6 Å². The van der Waals surface area contributed by atoms with E-state index in [2.05, 4.69) is 21.2 Å². The van der Waals surface area contributed by atoms with Gasteiger partial charge in [0.2, 0.25) is 5.91 Å². The molecule has 0 aromatic carbocycles. The average Bonchev–Trinajstić information content (AvgIpc) is 2.22. The largest absolute Gasteiger partial charge is 0.397 e. The van der Waals surface area contributed by atoms with E-state index in [1.54, 1.807) is 6.92 Å². The van der Waals surface area contributed by atoms with E-state index in [0.29, 0.717) is 15.7 Å². The third kappa shape index (κ3) is 2.38. The summed E-state index contributed by atoms with van der Waals surface area (Å²) >= 11 is 3.15. The fraction of sp³-hybridized carbons (Fsp3) is 0.333. The van der Waals surface area contributed by atoms with Gasteiger partial charge in [0.05, 0.1) is 10.2 Å². The van der Waals surface area contributed by atoms with Crippen LogP contribution in [0.15, 0.2) is 15.5 Å². The first kappa shape index (κ1) is 11.8. The Kier molecular flexibility index (Phi) is 3.52. The van der Waals surface area contributed by atoms with E-state index in [1.807, 2.05) is 0 Å². The van der Waals surface area contributed by atoms with Gasteiger partial charge < -0.3 is 15.6 Å². The van der Waals surface area contributed by atoms with Gasteiger partial charge in [0.1, 0.15) is 6.54 Å². The van der Waals surface area contributed by atoms with Gasteiger partial charge in [0.15, 0.2) is 0 Å². The zero-order chi connectivity index (χ0) is 11.6. The Morgan fingerprint density at radius 2 is 2.27 bits per heavy atom. The molecule has 0 bridgehead atoms. The number of hydrogen-bond donors (Lipinski definition) is 2. The summed E-state index contributed by atoms with van der Waals surface area (Å²) in [6.45, 7) is 1.71. The number of pyridine rings is 1. The second-order valence-electron chi connectivity index (χ2n) is 3.13. The molecular formula is C9H12BrN3O2. The van der Waals surface area contributed by atoms with Crippen molar-refractivity contribution in [3.63, 3.8) is 0 Å². The van der Waals surface area contributed by atoms with Crippen molar-refractivity contribution < 1.29 is 4.79 Å². The smallest absolute Gasteiger partial charge is 0.265 e. The Morgan fingerprint density at radius 3 is 2.80 bits per heavy atom. The molecule has 0 atom stereocenters. The normalized spacial score (nSPS) is 10.1. The second kappa shape index (κ2) is 4.48. The lowest BCUT2D eigenvalue weighted by Crippen LogP contribution is -2.30. The predicted molar refractivity (Wildman–Crippen MR) is 61.6 cm³/mol. The molecule has 0 aliphatic heterocycles. The molecule has 0 unspecified atom stereocenters. The number of hydrogen-bond acceptors (Lipinski definition) is 3. The summed E-state index contributed by atoms with van der Waals surface area (Å²) in [6, 6.07) is 0. The molecule has 0 aliphatic carbocycles. The van der Waals surface area contributed by atoms with Crippen LogP contribution in [0, 0.1) is 6.92 Å². The number of likely N-dealkylation sites (N-methyl/N-ethyl adjacent to an activating group) is 1. The summed E-state index contributed by atoms with van der Waals surface area (Å²) in [7, 11) is 1.51. The number of anilines is 1. The highest BCUT2D eigenvalue weighted by molar-refractivity contribution is 9.10. The molecule has 0 aliphatic rings. The standard InChI is InChI=1S/C9H12BrN3O2/c1-5-6(11)3-13(4-7(14)12-2)9(15)8(5)10/h3H,4,11H2,1-2H3,(H,12,14). The molecule has 82 valence electrons. The van der Waals surface area contributed by atoms with Crippen LogP contribution in [0.1, 0.15) is 5.56 Å². The van der Waals surface area contributed by atoms with Gasteiger partial charge in [0.25, 0.3) is 5.56 Å². The van der Waals surface area contributed by atoms with Gasteiger partial charge in [0, 0.05) is 13.2 Å². The van der Waals surface area contributed by atoms with Crippen LogP contribution in [-0.4, -0.2) is 17.5 Å². The molecule has 1 amide bonds. The minimum absolute atomic E-state index is 0.0294. The second-order valence-corrected chi connectivity index (χ2v) is 3.92. The van der Waals surface area contributed by atoms with Crippen molar-refractivity contribution in [2.24, 2.45) is 0 Å². The molecule has 3 N–H and O–H groups in total. The van der Waals surface area contributed by atoms with Gasteiger partial charge in [-0.1, -0.05) is 0 Å². The van der Waals surface area contributed by atoms with E-state index in [4.69, 9.17) is 5.73 Å². The SMILES string of the molecule is CNC(=O)Cn1cc(N)c(C)c(Br)c1=O. The van der Waals surface area contributed by atoms with Crippen LogP contribution in [0.4, 0.5) is 5.69 Å². The fourth-order valence-corrected chi connectivity index (χ4v) is 1.54. The van der Waals surface area contributed by atoms with E-state index >= 15 is 0 Å². The number of nitrogens with zero attached hydrogens (tertiary/aromatic N) is 1. The van der Waals surface area contributed by atoms with Crippen molar-refractivity contribution in [1.82, 2.24) is 9.88 Å². The number of nitrogen functional groups attached to an aromatic ring is 1. The average molecular weight is 274 g/mol. The summed E-state index contributed by atoms with van der Waals surface area (Å²) in [5, 5.41) is 2.44.